The van der Waals surface area contributed by atoms with Gasteiger partial charge in [-0.1, -0.05) is 29.8 Å². The number of nitrogens with one attached hydrogen (secondary N) is 1. The van der Waals surface area contributed by atoms with Gasteiger partial charge in [0.1, 0.15) is 0 Å². The Morgan fingerprint density at radius 1 is 1.18 bits per heavy atom. The molecule has 6 heteroatoms. The van der Waals surface area contributed by atoms with E-state index in [1.807, 2.05) is 24.3 Å². The van der Waals surface area contributed by atoms with E-state index in [0.717, 1.165) is 5.56 Å². The molecule has 0 aliphatic heterocycles. The van der Waals surface area contributed by atoms with Crippen molar-refractivity contribution in [3.63, 3.8) is 0 Å². The molecule has 0 bridgehead atoms. The van der Waals surface area contributed by atoms with E-state index in [9.17, 15) is 4.79 Å². The zero-order valence-corrected chi connectivity index (χ0v) is 12.3. The summed E-state index contributed by atoms with van der Waals surface area (Å²) < 4.78 is 10.5. The van der Waals surface area contributed by atoms with Gasteiger partial charge in [0.2, 0.25) is 5.76 Å². The molecule has 0 aliphatic rings. The highest BCUT2D eigenvalue weighted by molar-refractivity contribution is 6.31. The van der Waals surface area contributed by atoms with Gasteiger partial charge in [-0.05, 0) is 30.2 Å². The second-order valence-electron chi connectivity index (χ2n) is 4.60. The highest BCUT2D eigenvalue weighted by Gasteiger charge is 2.19. The number of hydrogen-bond acceptors (Lipinski definition) is 4. The van der Waals surface area contributed by atoms with Crippen molar-refractivity contribution in [2.24, 2.45) is 0 Å². The number of carbonyl (C=O) groups excluding carboxylic acids is 1. The third-order valence-electron chi connectivity index (χ3n) is 3.17. The van der Waals surface area contributed by atoms with Gasteiger partial charge < -0.3 is 14.2 Å². The SMILES string of the molecule is O=C(NCCc1ccccc1Cl)c1ncoc1-c1ccco1. The third-order valence-corrected chi connectivity index (χ3v) is 3.53. The van der Waals surface area contributed by atoms with Crippen LogP contribution in [0.3, 0.4) is 0 Å². The van der Waals surface area contributed by atoms with Crippen molar-refractivity contribution < 1.29 is 13.6 Å². The molecule has 0 atom stereocenters. The highest BCUT2D eigenvalue weighted by atomic mass is 35.5. The van der Waals surface area contributed by atoms with Crippen molar-refractivity contribution >= 4 is 17.5 Å². The fraction of sp³-hybridized carbons (Fsp3) is 0.125. The molecule has 0 fully saturated rings. The first-order valence-electron chi connectivity index (χ1n) is 6.74. The summed E-state index contributed by atoms with van der Waals surface area (Å²) in [6.07, 6.45) is 3.37. The molecule has 5 nitrogen and oxygen atoms in total. The number of hydrogen-bond donors (Lipinski definition) is 1. The van der Waals surface area contributed by atoms with Crippen LogP contribution in [0.1, 0.15) is 16.1 Å². The van der Waals surface area contributed by atoms with E-state index in [4.69, 9.17) is 20.4 Å². The van der Waals surface area contributed by atoms with Gasteiger partial charge in [-0.25, -0.2) is 4.98 Å². The fourth-order valence-electron chi connectivity index (χ4n) is 2.09. The monoisotopic (exact) mass is 316 g/mol. The van der Waals surface area contributed by atoms with Gasteiger partial charge in [0.15, 0.2) is 17.8 Å². The molecule has 22 heavy (non-hydrogen) atoms. The Hall–Kier alpha value is -2.53. The van der Waals surface area contributed by atoms with E-state index in [1.54, 1.807) is 12.1 Å². The molecule has 0 saturated heterocycles. The van der Waals surface area contributed by atoms with E-state index in [1.165, 1.54) is 12.7 Å². The van der Waals surface area contributed by atoms with Crippen molar-refractivity contribution in [1.29, 1.82) is 0 Å². The van der Waals surface area contributed by atoms with Crippen LogP contribution in [-0.2, 0) is 6.42 Å². The summed E-state index contributed by atoms with van der Waals surface area (Å²) in [5, 5.41) is 3.49. The topological polar surface area (TPSA) is 68.3 Å². The Kier molecular flexibility index (Phi) is 4.25. The lowest BCUT2D eigenvalue weighted by atomic mass is 10.1. The lowest BCUT2D eigenvalue weighted by Crippen LogP contribution is -2.26. The van der Waals surface area contributed by atoms with Gasteiger partial charge in [-0.2, -0.15) is 0 Å². The van der Waals surface area contributed by atoms with Crippen LogP contribution in [0.2, 0.25) is 5.02 Å². The van der Waals surface area contributed by atoms with E-state index in [-0.39, 0.29) is 11.6 Å². The number of halogens is 1. The maximum absolute atomic E-state index is 12.2. The molecule has 1 aromatic carbocycles. The van der Waals surface area contributed by atoms with Crippen LogP contribution in [0.4, 0.5) is 0 Å². The lowest BCUT2D eigenvalue weighted by molar-refractivity contribution is 0.0950. The molecule has 1 amide bonds. The van der Waals surface area contributed by atoms with Gasteiger partial charge in [-0.15, -0.1) is 0 Å². The molecule has 0 spiro atoms. The Labute approximate surface area is 131 Å². The minimum Gasteiger partial charge on any atom is -0.461 e. The van der Waals surface area contributed by atoms with Crippen LogP contribution >= 0.6 is 11.6 Å². The predicted molar refractivity (Wildman–Crippen MR) is 81.7 cm³/mol. The van der Waals surface area contributed by atoms with Crippen LogP contribution < -0.4 is 5.32 Å². The quantitative estimate of drug-likeness (QED) is 0.781. The normalized spacial score (nSPS) is 10.6. The number of oxazole rings is 1. The largest absolute Gasteiger partial charge is 0.461 e. The predicted octanol–water partition coefficient (Wildman–Crippen LogP) is 3.56. The van der Waals surface area contributed by atoms with E-state index in [2.05, 4.69) is 10.3 Å². The lowest BCUT2D eigenvalue weighted by Gasteiger charge is -2.05. The molecule has 3 rings (SSSR count). The number of furan rings is 1. The zero-order valence-electron chi connectivity index (χ0n) is 11.6. The second kappa shape index (κ2) is 6.49. The molecule has 3 aromatic rings. The molecule has 0 aliphatic carbocycles. The average molecular weight is 317 g/mol. The summed E-state index contributed by atoms with van der Waals surface area (Å²) in [5.41, 5.74) is 1.19. The summed E-state index contributed by atoms with van der Waals surface area (Å²) in [6, 6.07) is 11.0. The molecule has 2 aromatic heterocycles. The molecule has 1 N–H and O–H groups in total. The van der Waals surface area contributed by atoms with Crippen molar-refractivity contribution in [3.05, 3.63) is 65.3 Å². The average Bonchev–Trinajstić information content (AvgIpc) is 3.19. The number of nitrogens with zero attached hydrogens (tertiary/aromatic N) is 1. The Morgan fingerprint density at radius 2 is 2.05 bits per heavy atom. The summed E-state index contributed by atoms with van der Waals surface area (Å²) in [4.78, 5) is 16.1. The molecule has 2 heterocycles. The minimum atomic E-state index is -0.313. The number of benzene rings is 1. The molecule has 0 unspecified atom stereocenters. The fourth-order valence-corrected chi connectivity index (χ4v) is 2.32. The van der Waals surface area contributed by atoms with Gasteiger partial charge >= 0.3 is 0 Å². The van der Waals surface area contributed by atoms with Crippen LogP contribution in [0.5, 0.6) is 0 Å². The Bertz CT molecular complexity index is 765. The summed E-state index contributed by atoms with van der Waals surface area (Å²) in [5.74, 6) is 0.473. The van der Waals surface area contributed by atoms with Crippen molar-refractivity contribution in [2.75, 3.05) is 6.54 Å². The van der Waals surface area contributed by atoms with Gasteiger partial charge in [-0.3, -0.25) is 4.79 Å². The number of aromatic nitrogens is 1. The van der Waals surface area contributed by atoms with Crippen molar-refractivity contribution in [1.82, 2.24) is 10.3 Å². The van der Waals surface area contributed by atoms with Gasteiger partial charge in [0.25, 0.3) is 5.91 Å². The smallest absolute Gasteiger partial charge is 0.274 e. The highest BCUT2D eigenvalue weighted by Crippen LogP contribution is 2.23. The van der Waals surface area contributed by atoms with Crippen molar-refractivity contribution in [3.8, 4) is 11.5 Å². The van der Waals surface area contributed by atoms with Crippen LogP contribution in [-0.4, -0.2) is 17.4 Å². The summed E-state index contributed by atoms with van der Waals surface area (Å²) in [6.45, 7) is 0.451. The van der Waals surface area contributed by atoms with Crippen LogP contribution in [0.25, 0.3) is 11.5 Å². The Balaban J connectivity index is 1.64. The summed E-state index contributed by atoms with van der Waals surface area (Å²) in [7, 11) is 0. The number of rotatable bonds is 5. The molecular formula is C16H13ClN2O3. The third kappa shape index (κ3) is 3.04. The van der Waals surface area contributed by atoms with E-state index < -0.39 is 0 Å². The first kappa shape index (κ1) is 14.4. The van der Waals surface area contributed by atoms with Crippen LogP contribution in [0, 0.1) is 0 Å². The zero-order chi connectivity index (χ0) is 15.4. The first-order chi connectivity index (χ1) is 10.8. The molecular weight excluding hydrogens is 304 g/mol. The van der Waals surface area contributed by atoms with Gasteiger partial charge in [0.05, 0.1) is 6.26 Å². The summed E-state index contributed by atoms with van der Waals surface area (Å²) >= 11 is 6.08. The molecule has 0 saturated carbocycles. The Morgan fingerprint density at radius 3 is 2.82 bits per heavy atom. The first-order valence-corrected chi connectivity index (χ1v) is 7.12. The number of carbonyl (C=O) groups is 1. The van der Waals surface area contributed by atoms with Crippen molar-refractivity contribution in [2.45, 2.75) is 6.42 Å². The van der Waals surface area contributed by atoms with Gasteiger partial charge in [0, 0.05) is 11.6 Å². The van der Waals surface area contributed by atoms with E-state index in [0.29, 0.717) is 29.5 Å². The van der Waals surface area contributed by atoms with Crippen LogP contribution in [0.15, 0.2) is 57.9 Å². The van der Waals surface area contributed by atoms with E-state index >= 15 is 0 Å². The number of amides is 1. The maximum Gasteiger partial charge on any atom is 0.274 e. The molecule has 0 radical (unpaired) electrons. The standard InChI is InChI=1S/C16H13ClN2O3/c17-12-5-2-1-4-11(12)7-8-18-16(20)14-15(22-10-19-14)13-6-3-9-21-13/h1-6,9-10H,7-8H2,(H,18,20). The maximum atomic E-state index is 12.2. The minimum absolute atomic E-state index is 0.203. The second-order valence-corrected chi connectivity index (χ2v) is 5.01. The molecule has 112 valence electrons.